The van der Waals surface area contributed by atoms with E-state index in [4.69, 9.17) is 9.47 Å². The second-order valence-electron chi connectivity index (χ2n) is 5.31. The third-order valence-corrected chi connectivity index (χ3v) is 4.09. The van der Waals surface area contributed by atoms with Crippen molar-refractivity contribution >= 4 is 0 Å². The molecular formula is C16H25NO2. The predicted octanol–water partition coefficient (Wildman–Crippen LogP) is 3.40. The van der Waals surface area contributed by atoms with Crippen LogP contribution in [0.25, 0.3) is 0 Å². The number of nitrogens with one attached hydrogen (secondary N) is 1. The third kappa shape index (κ3) is 3.03. The highest BCUT2D eigenvalue weighted by atomic mass is 16.5. The van der Waals surface area contributed by atoms with Crippen molar-refractivity contribution in [3.63, 3.8) is 0 Å². The molecule has 3 nitrogen and oxygen atoms in total. The Labute approximate surface area is 116 Å². The van der Waals surface area contributed by atoms with Gasteiger partial charge >= 0.3 is 0 Å². The van der Waals surface area contributed by atoms with E-state index in [1.165, 1.54) is 12.8 Å². The zero-order valence-electron chi connectivity index (χ0n) is 12.4. The molecule has 0 saturated heterocycles. The maximum atomic E-state index is 5.55. The Morgan fingerprint density at radius 1 is 1.21 bits per heavy atom. The van der Waals surface area contributed by atoms with Gasteiger partial charge in [-0.25, -0.2) is 0 Å². The number of methoxy groups -OCH3 is 2. The lowest BCUT2D eigenvalue weighted by Gasteiger charge is -2.28. The molecule has 1 aromatic carbocycles. The molecule has 2 rings (SSSR count). The van der Waals surface area contributed by atoms with Gasteiger partial charge in [0.25, 0.3) is 0 Å². The van der Waals surface area contributed by atoms with Crippen molar-refractivity contribution in [2.45, 2.75) is 32.7 Å². The van der Waals surface area contributed by atoms with Crippen molar-refractivity contribution < 1.29 is 9.47 Å². The van der Waals surface area contributed by atoms with Crippen LogP contribution < -0.4 is 14.8 Å². The number of rotatable bonds is 7. The molecule has 1 N–H and O–H groups in total. The van der Waals surface area contributed by atoms with Crippen molar-refractivity contribution in [2.24, 2.45) is 11.8 Å². The average molecular weight is 263 g/mol. The fourth-order valence-electron chi connectivity index (χ4n) is 2.85. The first-order chi connectivity index (χ1) is 9.22. The van der Waals surface area contributed by atoms with E-state index in [1.54, 1.807) is 14.2 Å². The van der Waals surface area contributed by atoms with Gasteiger partial charge in [-0.2, -0.15) is 0 Å². The van der Waals surface area contributed by atoms with Gasteiger partial charge in [0.05, 0.1) is 19.8 Å². The fraction of sp³-hybridized carbons (Fsp3) is 0.625. The van der Waals surface area contributed by atoms with Gasteiger partial charge in [-0.05, 0) is 43.4 Å². The minimum Gasteiger partial charge on any atom is -0.496 e. The lowest BCUT2D eigenvalue weighted by Crippen LogP contribution is -2.28. The lowest BCUT2D eigenvalue weighted by atomic mass is 9.89. The van der Waals surface area contributed by atoms with Crippen molar-refractivity contribution in [3.8, 4) is 11.5 Å². The molecule has 1 aliphatic carbocycles. The van der Waals surface area contributed by atoms with Crippen LogP contribution in [0.4, 0.5) is 0 Å². The van der Waals surface area contributed by atoms with E-state index in [-0.39, 0.29) is 0 Å². The number of ether oxygens (including phenoxy) is 2. The highest BCUT2D eigenvalue weighted by molar-refractivity contribution is 5.47. The van der Waals surface area contributed by atoms with Gasteiger partial charge in [-0.1, -0.05) is 19.9 Å². The molecule has 0 amide bonds. The summed E-state index contributed by atoms with van der Waals surface area (Å²) in [5.74, 6) is 3.26. The Bertz CT molecular complexity index is 393. The van der Waals surface area contributed by atoms with Crippen LogP contribution in [0.1, 0.15) is 38.3 Å². The molecule has 106 valence electrons. The molecule has 19 heavy (non-hydrogen) atoms. The standard InChI is InChI=1S/C16H25NO2/c1-5-17-16(11(2)12-9-10-12)15-13(18-3)7-6-8-14(15)19-4/h6-8,11-12,16-17H,5,9-10H2,1-4H3. The van der Waals surface area contributed by atoms with Crippen LogP contribution in [-0.2, 0) is 0 Å². The highest BCUT2D eigenvalue weighted by Gasteiger charge is 2.36. The van der Waals surface area contributed by atoms with E-state index in [1.807, 2.05) is 18.2 Å². The molecule has 2 unspecified atom stereocenters. The zero-order valence-corrected chi connectivity index (χ0v) is 12.4. The number of hydrogen-bond donors (Lipinski definition) is 1. The summed E-state index contributed by atoms with van der Waals surface area (Å²) in [4.78, 5) is 0. The zero-order chi connectivity index (χ0) is 13.8. The van der Waals surface area contributed by atoms with Crippen LogP contribution in [0.3, 0.4) is 0 Å². The first kappa shape index (κ1) is 14.2. The molecule has 0 bridgehead atoms. The second-order valence-corrected chi connectivity index (χ2v) is 5.31. The minimum atomic E-state index is 0.295. The van der Waals surface area contributed by atoms with E-state index in [2.05, 4.69) is 19.2 Å². The summed E-state index contributed by atoms with van der Waals surface area (Å²) >= 11 is 0. The van der Waals surface area contributed by atoms with Crippen LogP contribution in [-0.4, -0.2) is 20.8 Å². The second kappa shape index (κ2) is 6.29. The summed E-state index contributed by atoms with van der Waals surface area (Å²) in [7, 11) is 3.45. The van der Waals surface area contributed by atoms with Crippen LogP contribution in [0, 0.1) is 11.8 Å². The van der Waals surface area contributed by atoms with Crippen LogP contribution in [0.2, 0.25) is 0 Å². The Kier molecular flexibility index (Phi) is 4.70. The predicted molar refractivity (Wildman–Crippen MR) is 77.9 cm³/mol. The van der Waals surface area contributed by atoms with Gasteiger partial charge in [0, 0.05) is 6.04 Å². The van der Waals surface area contributed by atoms with Gasteiger partial charge in [-0.15, -0.1) is 0 Å². The molecular weight excluding hydrogens is 238 g/mol. The van der Waals surface area contributed by atoms with E-state index in [0.29, 0.717) is 12.0 Å². The van der Waals surface area contributed by atoms with Gasteiger partial charge < -0.3 is 14.8 Å². The van der Waals surface area contributed by atoms with E-state index in [9.17, 15) is 0 Å². The summed E-state index contributed by atoms with van der Waals surface area (Å²) in [6.07, 6.45) is 2.70. The Morgan fingerprint density at radius 2 is 1.79 bits per heavy atom. The lowest BCUT2D eigenvalue weighted by molar-refractivity contribution is 0.318. The molecule has 1 fully saturated rings. The largest absolute Gasteiger partial charge is 0.496 e. The third-order valence-electron chi connectivity index (χ3n) is 4.09. The summed E-state index contributed by atoms with van der Waals surface area (Å²) in [5, 5.41) is 3.61. The molecule has 0 aromatic heterocycles. The first-order valence-electron chi connectivity index (χ1n) is 7.17. The van der Waals surface area contributed by atoms with Crippen molar-refractivity contribution in [3.05, 3.63) is 23.8 Å². The van der Waals surface area contributed by atoms with Crippen LogP contribution >= 0.6 is 0 Å². The quantitative estimate of drug-likeness (QED) is 0.818. The Hall–Kier alpha value is -1.22. The van der Waals surface area contributed by atoms with E-state index >= 15 is 0 Å². The normalized spacial score (nSPS) is 17.9. The van der Waals surface area contributed by atoms with Crippen LogP contribution in [0.15, 0.2) is 18.2 Å². The topological polar surface area (TPSA) is 30.5 Å². The molecule has 2 atom stereocenters. The smallest absolute Gasteiger partial charge is 0.127 e. The maximum absolute atomic E-state index is 5.55. The fourth-order valence-corrected chi connectivity index (χ4v) is 2.85. The van der Waals surface area contributed by atoms with Crippen molar-refractivity contribution in [1.82, 2.24) is 5.32 Å². The average Bonchev–Trinajstić information content (AvgIpc) is 3.27. The summed E-state index contributed by atoms with van der Waals surface area (Å²) in [6.45, 7) is 5.42. The van der Waals surface area contributed by atoms with Crippen molar-refractivity contribution in [2.75, 3.05) is 20.8 Å². The maximum Gasteiger partial charge on any atom is 0.127 e. The van der Waals surface area contributed by atoms with E-state index in [0.717, 1.165) is 29.5 Å². The van der Waals surface area contributed by atoms with Gasteiger partial charge in [0.15, 0.2) is 0 Å². The monoisotopic (exact) mass is 263 g/mol. The summed E-state index contributed by atoms with van der Waals surface area (Å²) in [6, 6.07) is 6.30. The first-order valence-corrected chi connectivity index (χ1v) is 7.17. The molecule has 3 heteroatoms. The number of benzene rings is 1. The molecule has 0 spiro atoms. The molecule has 0 radical (unpaired) electrons. The van der Waals surface area contributed by atoms with Gasteiger partial charge in [0.1, 0.15) is 11.5 Å². The van der Waals surface area contributed by atoms with Crippen LogP contribution in [0.5, 0.6) is 11.5 Å². The molecule has 0 aliphatic heterocycles. The molecule has 1 aromatic rings. The van der Waals surface area contributed by atoms with E-state index < -0.39 is 0 Å². The molecule has 0 heterocycles. The summed E-state index contributed by atoms with van der Waals surface area (Å²) in [5.41, 5.74) is 1.16. The molecule has 1 saturated carbocycles. The Balaban J connectivity index is 2.38. The number of hydrogen-bond acceptors (Lipinski definition) is 3. The Morgan fingerprint density at radius 3 is 2.21 bits per heavy atom. The van der Waals surface area contributed by atoms with Crippen molar-refractivity contribution in [1.29, 1.82) is 0 Å². The molecule has 1 aliphatic rings. The highest BCUT2D eigenvalue weighted by Crippen LogP contribution is 2.46. The summed E-state index contributed by atoms with van der Waals surface area (Å²) < 4.78 is 11.1. The minimum absolute atomic E-state index is 0.295. The van der Waals surface area contributed by atoms with Gasteiger partial charge in [0.2, 0.25) is 0 Å². The van der Waals surface area contributed by atoms with Gasteiger partial charge in [-0.3, -0.25) is 0 Å². The SMILES string of the molecule is CCNC(c1c(OC)cccc1OC)C(C)C1CC1.